The van der Waals surface area contributed by atoms with Crippen molar-refractivity contribution in [1.29, 1.82) is 5.41 Å². The van der Waals surface area contributed by atoms with Gasteiger partial charge in [0.05, 0.1) is 5.02 Å². The summed E-state index contributed by atoms with van der Waals surface area (Å²) in [7, 11) is 0. The van der Waals surface area contributed by atoms with Crippen LogP contribution in [-0.4, -0.2) is 27.5 Å². The van der Waals surface area contributed by atoms with Gasteiger partial charge >= 0.3 is 0 Å². The Morgan fingerprint density at radius 2 is 1.76 bits per heavy atom. The minimum absolute atomic E-state index is 0.137. The summed E-state index contributed by atoms with van der Waals surface area (Å²) >= 11 is 5.80. The standard InChI is InChI=1S/C22H18ClN3O3/c1-13(24)14-5-7-15(8-6-14)20(28)11-18-17(3-2-4-19(18)27)22(29)26-21-10-9-16(23)12-25-21/h2-10,12,24,27H,11H2,1H3,(H,25,26,29). The number of pyridine rings is 1. The van der Waals surface area contributed by atoms with Crippen molar-refractivity contribution in [2.75, 3.05) is 5.32 Å². The first-order valence-electron chi connectivity index (χ1n) is 8.77. The fraction of sp³-hybridized carbons (Fsp3) is 0.0909. The third-order valence-electron chi connectivity index (χ3n) is 4.34. The monoisotopic (exact) mass is 407 g/mol. The third-order valence-corrected chi connectivity index (χ3v) is 4.57. The van der Waals surface area contributed by atoms with Gasteiger partial charge in [0.1, 0.15) is 11.6 Å². The molecule has 0 aliphatic rings. The molecule has 0 saturated heterocycles. The lowest BCUT2D eigenvalue weighted by molar-refractivity contribution is 0.0991. The molecular formula is C22H18ClN3O3. The molecule has 3 rings (SSSR count). The van der Waals surface area contributed by atoms with Crippen LogP contribution in [0.3, 0.4) is 0 Å². The Kier molecular flexibility index (Phi) is 6.04. The molecule has 1 heterocycles. The van der Waals surface area contributed by atoms with Crippen molar-refractivity contribution < 1.29 is 14.7 Å². The highest BCUT2D eigenvalue weighted by Crippen LogP contribution is 2.24. The molecule has 0 fully saturated rings. The number of nitrogens with zero attached hydrogens (tertiary/aromatic N) is 1. The van der Waals surface area contributed by atoms with Gasteiger partial charge in [0, 0.05) is 35.0 Å². The van der Waals surface area contributed by atoms with Crippen LogP contribution in [0.25, 0.3) is 0 Å². The Labute approximate surface area is 172 Å². The number of hydrogen-bond donors (Lipinski definition) is 3. The fourth-order valence-electron chi connectivity index (χ4n) is 2.78. The summed E-state index contributed by atoms with van der Waals surface area (Å²) in [6.07, 6.45) is 1.26. The van der Waals surface area contributed by atoms with E-state index in [-0.39, 0.29) is 29.1 Å². The molecule has 2 aromatic carbocycles. The highest BCUT2D eigenvalue weighted by atomic mass is 35.5. The number of carbonyl (C=O) groups is 2. The smallest absolute Gasteiger partial charge is 0.257 e. The second-order valence-corrected chi connectivity index (χ2v) is 6.86. The lowest BCUT2D eigenvalue weighted by Crippen LogP contribution is -2.17. The Morgan fingerprint density at radius 1 is 1.07 bits per heavy atom. The van der Waals surface area contributed by atoms with E-state index in [1.807, 2.05) is 0 Å². The van der Waals surface area contributed by atoms with Crippen molar-refractivity contribution in [2.45, 2.75) is 13.3 Å². The lowest BCUT2D eigenvalue weighted by atomic mass is 9.96. The molecule has 0 spiro atoms. The van der Waals surface area contributed by atoms with E-state index in [1.165, 1.54) is 24.4 Å². The van der Waals surface area contributed by atoms with E-state index < -0.39 is 5.91 Å². The van der Waals surface area contributed by atoms with E-state index in [4.69, 9.17) is 17.0 Å². The van der Waals surface area contributed by atoms with Crippen LogP contribution in [0.4, 0.5) is 5.82 Å². The number of aromatic hydroxyl groups is 1. The van der Waals surface area contributed by atoms with Gasteiger partial charge < -0.3 is 15.8 Å². The van der Waals surface area contributed by atoms with E-state index in [0.29, 0.717) is 22.1 Å². The number of benzene rings is 2. The number of Topliss-reactive ketones (excluding diaryl/α,β-unsaturated/α-hetero) is 1. The van der Waals surface area contributed by atoms with Gasteiger partial charge in [0.15, 0.2) is 5.78 Å². The number of nitrogens with one attached hydrogen (secondary N) is 2. The van der Waals surface area contributed by atoms with E-state index in [1.54, 1.807) is 43.3 Å². The van der Waals surface area contributed by atoms with Crippen LogP contribution in [0.15, 0.2) is 60.8 Å². The summed E-state index contributed by atoms with van der Waals surface area (Å²) in [5.41, 5.74) is 1.97. The predicted octanol–water partition coefficient (Wildman–Crippen LogP) is 4.51. The van der Waals surface area contributed by atoms with Crippen molar-refractivity contribution in [3.63, 3.8) is 0 Å². The summed E-state index contributed by atoms with van der Waals surface area (Å²) in [6, 6.07) is 14.3. The molecule has 0 aliphatic heterocycles. The average Bonchev–Trinajstić information content (AvgIpc) is 2.71. The summed E-state index contributed by atoms with van der Waals surface area (Å²) < 4.78 is 0. The molecule has 6 nitrogen and oxygen atoms in total. The van der Waals surface area contributed by atoms with Gasteiger partial charge in [-0.2, -0.15) is 0 Å². The van der Waals surface area contributed by atoms with Crippen molar-refractivity contribution >= 4 is 34.8 Å². The van der Waals surface area contributed by atoms with Gasteiger partial charge in [0.2, 0.25) is 0 Å². The summed E-state index contributed by atoms with van der Waals surface area (Å²) in [5, 5.41) is 21.0. The number of phenols is 1. The zero-order valence-electron chi connectivity index (χ0n) is 15.6. The lowest BCUT2D eigenvalue weighted by Gasteiger charge is -2.11. The van der Waals surface area contributed by atoms with E-state index in [9.17, 15) is 14.7 Å². The molecule has 0 aliphatic carbocycles. The van der Waals surface area contributed by atoms with Gasteiger partial charge in [-0.3, -0.25) is 9.59 Å². The van der Waals surface area contributed by atoms with Crippen LogP contribution in [0.1, 0.15) is 38.8 Å². The highest BCUT2D eigenvalue weighted by molar-refractivity contribution is 6.30. The molecule has 1 amide bonds. The number of carbonyl (C=O) groups excluding carboxylic acids is 2. The first-order valence-corrected chi connectivity index (χ1v) is 9.15. The zero-order chi connectivity index (χ0) is 21.0. The topological polar surface area (TPSA) is 103 Å². The van der Waals surface area contributed by atoms with Gasteiger partial charge in [0.25, 0.3) is 5.91 Å². The summed E-state index contributed by atoms with van der Waals surface area (Å²) in [4.78, 5) is 29.4. The largest absolute Gasteiger partial charge is 0.508 e. The molecule has 146 valence electrons. The maximum atomic E-state index is 12.7. The van der Waals surface area contributed by atoms with Gasteiger partial charge in [-0.15, -0.1) is 0 Å². The maximum absolute atomic E-state index is 12.7. The second-order valence-electron chi connectivity index (χ2n) is 6.42. The van der Waals surface area contributed by atoms with Crippen LogP contribution >= 0.6 is 11.6 Å². The number of anilines is 1. The molecule has 1 aromatic heterocycles. The van der Waals surface area contributed by atoms with Crippen molar-refractivity contribution in [2.24, 2.45) is 0 Å². The van der Waals surface area contributed by atoms with Gasteiger partial charge in [-0.05, 0) is 36.8 Å². The Morgan fingerprint density at radius 3 is 2.38 bits per heavy atom. The summed E-state index contributed by atoms with van der Waals surface area (Å²) in [6.45, 7) is 1.67. The minimum atomic E-state index is -0.492. The molecule has 0 saturated carbocycles. The van der Waals surface area contributed by atoms with Crippen LogP contribution in [0, 0.1) is 5.41 Å². The van der Waals surface area contributed by atoms with Crippen LogP contribution in [-0.2, 0) is 6.42 Å². The second kappa shape index (κ2) is 8.67. The SMILES string of the molecule is CC(=N)c1ccc(C(=O)Cc2c(O)cccc2C(=O)Nc2ccc(Cl)cn2)cc1. The first kappa shape index (κ1) is 20.2. The number of rotatable bonds is 6. The molecular weight excluding hydrogens is 390 g/mol. The normalized spacial score (nSPS) is 10.4. The number of aromatic nitrogens is 1. The molecule has 3 N–H and O–H groups in total. The quantitative estimate of drug-likeness (QED) is 0.413. The Bertz CT molecular complexity index is 1080. The van der Waals surface area contributed by atoms with E-state index in [0.717, 1.165) is 5.56 Å². The Balaban J connectivity index is 1.83. The number of hydrogen-bond acceptors (Lipinski definition) is 5. The maximum Gasteiger partial charge on any atom is 0.257 e. The van der Waals surface area contributed by atoms with Crippen molar-refractivity contribution in [3.8, 4) is 5.75 Å². The first-order chi connectivity index (χ1) is 13.8. The van der Waals surface area contributed by atoms with E-state index in [2.05, 4.69) is 10.3 Å². The van der Waals surface area contributed by atoms with Crippen LogP contribution in [0.5, 0.6) is 5.75 Å². The van der Waals surface area contributed by atoms with Crippen LogP contribution < -0.4 is 5.32 Å². The van der Waals surface area contributed by atoms with Crippen molar-refractivity contribution in [3.05, 3.63) is 88.1 Å². The van der Waals surface area contributed by atoms with Crippen molar-refractivity contribution in [1.82, 2.24) is 4.98 Å². The molecule has 0 unspecified atom stereocenters. The van der Waals surface area contributed by atoms with Gasteiger partial charge in [-0.1, -0.05) is 41.9 Å². The molecule has 0 atom stereocenters. The number of ketones is 1. The fourth-order valence-corrected chi connectivity index (χ4v) is 2.89. The zero-order valence-corrected chi connectivity index (χ0v) is 16.3. The minimum Gasteiger partial charge on any atom is -0.508 e. The highest BCUT2D eigenvalue weighted by Gasteiger charge is 2.19. The molecule has 7 heteroatoms. The van der Waals surface area contributed by atoms with Gasteiger partial charge in [-0.25, -0.2) is 4.98 Å². The molecule has 29 heavy (non-hydrogen) atoms. The number of amides is 1. The Hall–Kier alpha value is -3.51. The molecule has 0 radical (unpaired) electrons. The number of halogens is 1. The third kappa shape index (κ3) is 4.86. The molecule has 3 aromatic rings. The predicted molar refractivity (Wildman–Crippen MR) is 112 cm³/mol. The average molecular weight is 408 g/mol. The van der Waals surface area contributed by atoms with E-state index >= 15 is 0 Å². The number of phenolic OH excluding ortho intramolecular Hbond substituents is 1. The molecule has 0 bridgehead atoms. The summed E-state index contributed by atoms with van der Waals surface area (Å²) in [5.74, 6) is -0.577. The van der Waals surface area contributed by atoms with Crippen LogP contribution in [0.2, 0.25) is 5.02 Å².